The lowest BCUT2D eigenvalue weighted by Crippen LogP contribution is -2.16. The zero-order valence-electron chi connectivity index (χ0n) is 19.8. The minimum Gasteiger partial charge on any atom is -0.418 e. The van der Waals surface area contributed by atoms with Gasteiger partial charge < -0.3 is 9.05 Å². The van der Waals surface area contributed by atoms with Crippen LogP contribution in [0.4, 0.5) is 0 Å². The standard InChI is InChI=1S/C28H41O3P/c1-2-3-4-5-6-7-8-11-16-25-21-23-28(24-22-25)31-32(29-26-17-12-9-13-18-26)30-27-19-14-10-15-20-27/h9,12-13,17-18,21-24,27H,2-8,10-11,14-16,19-20H2,1H3. The zero-order valence-corrected chi connectivity index (χ0v) is 20.7. The summed E-state index contributed by atoms with van der Waals surface area (Å²) < 4.78 is 18.6. The fourth-order valence-electron chi connectivity index (χ4n) is 4.19. The molecule has 32 heavy (non-hydrogen) atoms. The van der Waals surface area contributed by atoms with Crippen LogP contribution >= 0.6 is 8.60 Å². The molecule has 1 atom stereocenters. The summed E-state index contributed by atoms with van der Waals surface area (Å²) in [6.45, 7) is 2.28. The van der Waals surface area contributed by atoms with Gasteiger partial charge in [0.2, 0.25) is 0 Å². The molecule has 0 spiro atoms. The lowest BCUT2D eigenvalue weighted by Gasteiger charge is -2.25. The second kappa shape index (κ2) is 15.3. The lowest BCUT2D eigenvalue weighted by atomic mass is 9.98. The molecule has 1 saturated carbocycles. The molecule has 2 aromatic carbocycles. The van der Waals surface area contributed by atoms with E-state index in [1.54, 1.807) is 0 Å². The third-order valence-electron chi connectivity index (χ3n) is 6.13. The Hall–Kier alpha value is -1.57. The van der Waals surface area contributed by atoms with E-state index in [1.807, 2.05) is 30.3 Å². The Labute approximate surface area is 196 Å². The molecule has 1 unspecified atom stereocenters. The van der Waals surface area contributed by atoms with Gasteiger partial charge in [-0.05, 0) is 55.5 Å². The van der Waals surface area contributed by atoms with Crippen molar-refractivity contribution in [3.05, 3.63) is 60.2 Å². The molecule has 3 nitrogen and oxygen atoms in total. The number of hydrogen-bond donors (Lipinski definition) is 0. The summed E-state index contributed by atoms with van der Waals surface area (Å²) in [5, 5.41) is 0. The summed E-state index contributed by atoms with van der Waals surface area (Å²) in [5.74, 6) is 1.61. The van der Waals surface area contributed by atoms with Crippen LogP contribution in [-0.4, -0.2) is 6.10 Å². The normalized spacial score (nSPS) is 15.4. The second-order valence-corrected chi connectivity index (χ2v) is 9.98. The van der Waals surface area contributed by atoms with Crippen LogP contribution in [0.25, 0.3) is 0 Å². The van der Waals surface area contributed by atoms with E-state index in [2.05, 4.69) is 31.2 Å². The van der Waals surface area contributed by atoms with E-state index in [1.165, 1.54) is 76.2 Å². The number of aryl methyl sites for hydroxylation is 1. The van der Waals surface area contributed by atoms with Gasteiger partial charge in [-0.15, -0.1) is 0 Å². The van der Waals surface area contributed by atoms with Crippen molar-refractivity contribution in [3.8, 4) is 11.5 Å². The quantitative estimate of drug-likeness (QED) is 0.197. The van der Waals surface area contributed by atoms with Gasteiger partial charge in [0.1, 0.15) is 11.5 Å². The molecule has 0 radical (unpaired) electrons. The Balaban J connectivity index is 1.44. The van der Waals surface area contributed by atoms with Gasteiger partial charge in [-0.3, -0.25) is 4.52 Å². The molecular weight excluding hydrogens is 415 g/mol. The molecular formula is C28H41O3P. The molecule has 4 heteroatoms. The van der Waals surface area contributed by atoms with Crippen LogP contribution in [-0.2, 0) is 10.9 Å². The summed E-state index contributed by atoms with van der Waals surface area (Å²) in [6.07, 6.45) is 18.2. The number of rotatable bonds is 15. The molecule has 0 amide bonds. The predicted octanol–water partition coefficient (Wildman–Crippen LogP) is 9.40. The van der Waals surface area contributed by atoms with Crippen molar-refractivity contribution in [2.45, 2.75) is 103 Å². The van der Waals surface area contributed by atoms with Gasteiger partial charge in [0.15, 0.2) is 0 Å². The smallest absolute Gasteiger partial charge is 0.418 e. The van der Waals surface area contributed by atoms with Crippen LogP contribution < -0.4 is 9.05 Å². The van der Waals surface area contributed by atoms with Crippen molar-refractivity contribution in [1.82, 2.24) is 0 Å². The second-order valence-electron chi connectivity index (χ2n) is 8.95. The van der Waals surface area contributed by atoms with Gasteiger partial charge in [0.25, 0.3) is 0 Å². The summed E-state index contributed by atoms with van der Waals surface area (Å²) in [5.41, 5.74) is 1.38. The molecule has 0 N–H and O–H groups in total. The predicted molar refractivity (Wildman–Crippen MR) is 135 cm³/mol. The summed E-state index contributed by atoms with van der Waals surface area (Å²) in [6, 6.07) is 18.4. The van der Waals surface area contributed by atoms with Crippen molar-refractivity contribution < 1.29 is 13.6 Å². The van der Waals surface area contributed by atoms with Gasteiger partial charge in [-0.1, -0.05) is 101 Å². The van der Waals surface area contributed by atoms with E-state index in [-0.39, 0.29) is 6.10 Å². The van der Waals surface area contributed by atoms with Gasteiger partial charge in [-0.25, -0.2) is 0 Å². The van der Waals surface area contributed by atoms with Crippen LogP contribution in [0.3, 0.4) is 0 Å². The van der Waals surface area contributed by atoms with Crippen LogP contribution in [0.2, 0.25) is 0 Å². The third-order valence-corrected chi connectivity index (χ3v) is 7.32. The molecule has 0 saturated heterocycles. The minimum atomic E-state index is -1.47. The Morgan fingerprint density at radius 1 is 0.688 bits per heavy atom. The lowest BCUT2D eigenvalue weighted by molar-refractivity contribution is 0.138. The first-order chi connectivity index (χ1) is 15.8. The highest BCUT2D eigenvalue weighted by atomic mass is 31.2. The average molecular weight is 457 g/mol. The molecule has 2 aromatic rings. The fraction of sp³-hybridized carbons (Fsp3) is 0.571. The van der Waals surface area contributed by atoms with Crippen LogP contribution in [0, 0.1) is 0 Å². The van der Waals surface area contributed by atoms with Gasteiger partial charge in [0.05, 0.1) is 6.10 Å². The molecule has 0 heterocycles. The van der Waals surface area contributed by atoms with Crippen molar-refractivity contribution in [2.75, 3.05) is 0 Å². The maximum atomic E-state index is 6.28. The van der Waals surface area contributed by atoms with Gasteiger partial charge in [0, 0.05) is 0 Å². The first-order valence-electron chi connectivity index (χ1n) is 12.8. The summed E-state index contributed by atoms with van der Waals surface area (Å²) in [4.78, 5) is 0. The molecule has 176 valence electrons. The number of unbranched alkanes of at least 4 members (excludes halogenated alkanes) is 7. The van der Waals surface area contributed by atoms with Gasteiger partial charge >= 0.3 is 8.60 Å². The number of hydrogen-bond acceptors (Lipinski definition) is 3. The number of para-hydroxylation sites is 1. The maximum absolute atomic E-state index is 6.28. The Bertz CT molecular complexity index is 713. The minimum absolute atomic E-state index is 0.236. The van der Waals surface area contributed by atoms with Crippen molar-refractivity contribution in [2.24, 2.45) is 0 Å². The van der Waals surface area contributed by atoms with E-state index >= 15 is 0 Å². The van der Waals surface area contributed by atoms with E-state index in [0.717, 1.165) is 30.8 Å². The largest absolute Gasteiger partial charge is 0.463 e. The van der Waals surface area contributed by atoms with Crippen LogP contribution in [0.1, 0.15) is 96.0 Å². The highest BCUT2D eigenvalue weighted by Gasteiger charge is 2.24. The van der Waals surface area contributed by atoms with Crippen LogP contribution in [0.5, 0.6) is 11.5 Å². The Morgan fingerprint density at radius 2 is 1.28 bits per heavy atom. The average Bonchev–Trinajstić information content (AvgIpc) is 2.83. The fourth-order valence-corrected chi connectivity index (χ4v) is 5.35. The zero-order chi connectivity index (χ0) is 22.3. The van der Waals surface area contributed by atoms with Crippen molar-refractivity contribution >= 4 is 8.60 Å². The molecule has 0 aliphatic heterocycles. The molecule has 1 aliphatic carbocycles. The molecule has 0 bridgehead atoms. The molecule has 1 fully saturated rings. The highest BCUT2D eigenvalue weighted by Crippen LogP contribution is 2.44. The SMILES string of the molecule is CCCCCCCCCCc1ccc(OP(Oc2ccccc2)OC2CCCCC2)cc1. The maximum Gasteiger partial charge on any atom is 0.463 e. The van der Waals surface area contributed by atoms with E-state index in [0.29, 0.717) is 0 Å². The van der Waals surface area contributed by atoms with E-state index in [9.17, 15) is 0 Å². The summed E-state index contributed by atoms with van der Waals surface area (Å²) in [7, 11) is -1.47. The first kappa shape index (κ1) is 25.1. The van der Waals surface area contributed by atoms with Crippen LogP contribution in [0.15, 0.2) is 54.6 Å². The first-order valence-corrected chi connectivity index (χ1v) is 13.9. The Morgan fingerprint density at radius 3 is 1.94 bits per heavy atom. The Kier molecular flexibility index (Phi) is 12.0. The van der Waals surface area contributed by atoms with E-state index < -0.39 is 8.60 Å². The number of benzene rings is 2. The van der Waals surface area contributed by atoms with Gasteiger partial charge in [-0.2, -0.15) is 0 Å². The van der Waals surface area contributed by atoms with E-state index in [4.69, 9.17) is 13.6 Å². The monoisotopic (exact) mass is 456 g/mol. The molecule has 0 aromatic heterocycles. The third kappa shape index (κ3) is 9.92. The molecule has 1 aliphatic rings. The topological polar surface area (TPSA) is 27.7 Å². The van der Waals surface area contributed by atoms with Crippen molar-refractivity contribution in [1.29, 1.82) is 0 Å². The van der Waals surface area contributed by atoms with Crippen molar-refractivity contribution in [3.63, 3.8) is 0 Å². The summed E-state index contributed by atoms with van der Waals surface area (Å²) >= 11 is 0. The molecule has 3 rings (SSSR count). The highest BCUT2D eigenvalue weighted by molar-refractivity contribution is 7.42.